The zero-order chi connectivity index (χ0) is 12.7. The smallest absolute Gasteiger partial charge is 0.163 e. The van der Waals surface area contributed by atoms with E-state index >= 15 is 0 Å². The molecule has 3 rings (SSSR count). The van der Waals surface area contributed by atoms with E-state index in [0.717, 1.165) is 28.2 Å². The van der Waals surface area contributed by atoms with E-state index in [9.17, 15) is 4.39 Å². The van der Waals surface area contributed by atoms with Crippen molar-refractivity contribution in [3.05, 3.63) is 53.7 Å². The average Bonchev–Trinajstić information content (AvgIpc) is 2.69. The highest BCUT2D eigenvalue weighted by Gasteiger charge is 2.10. The van der Waals surface area contributed by atoms with Gasteiger partial charge in [0.25, 0.3) is 0 Å². The number of hydrogen-bond donors (Lipinski definition) is 0. The Hall–Kier alpha value is -2.23. The van der Waals surface area contributed by atoms with Crippen LogP contribution in [0.25, 0.3) is 16.8 Å². The van der Waals surface area contributed by atoms with Gasteiger partial charge in [-0.1, -0.05) is 6.07 Å². The van der Waals surface area contributed by atoms with Crippen molar-refractivity contribution in [3.63, 3.8) is 0 Å². The van der Waals surface area contributed by atoms with Gasteiger partial charge in [-0.2, -0.15) is 5.10 Å². The Kier molecular flexibility index (Phi) is 2.37. The molecule has 0 N–H and O–H groups in total. The number of aryl methyl sites for hydroxylation is 2. The van der Waals surface area contributed by atoms with Crippen LogP contribution in [0.2, 0.25) is 0 Å². The maximum Gasteiger partial charge on any atom is 0.163 e. The molecule has 0 saturated heterocycles. The molecule has 0 aliphatic rings. The fourth-order valence-electron chi connectivity index (χ4n) is 2.15. The van der Waals surface area contributed by atoms with Gasteiger partial charge in [0.05, 0.1) is 0 Å². The van der Waals surface area contributed by atoms with Crippen LogP contribution >= 0.6 is 0 Å². The molecule has 18 heavy (non-hydrogen) atoms. The minimum absolute atomic E-state index is 0.221. The van der Waals surface area contributed by atoms with E-state index in [1.807, 2.05) is 32.2 Å². The number of benzene rings is 1. The first-order valence-corrected chi connectivity index (χ1v) is 5.73. The van der Waals surface area contributed by atoms with Crippen molar-refractivity contribution in [2.45, 2.75) is 13.8 Å². The van der Waals surface area contributed by atoms with Crippen LogP contribution in [0.5, 0.6) is 0 Å². The third-order valence-corrected chi connectivity index (χ3v) is 2.95. The van der Waals surface area contributed by atoms with E-state index in [1.54, 1.807) is 10.6 Å². The lowest BCUT2D eigenvalue weighted by molar-refractivity contribution is 0.627. The van der Waals surface area contributed by atoms with Gasteiger partial charge in [-0.15, -0.1) is 0 Å². The van der Waals surface area contributed by atoms with Gasteiger partial charge >= 0.3 is 0 Å². The standard InChI is InChI=1S/C14H12FN3/c1-9-8-11(15)5-6-12(9)13-4-3-7-18-14(13)16-10(2)17-18/h3-8H,1-2H3. The maximum absolute atomic E-state index is 13.1. The summed E-state index contributed by atoms with van der Waals surface area (Å²) in [5.41, 5.74) is 3.64. The Morgan fingerprint density at radius 3 is 2.72 bits per heavy atom. The molecule has 1 aromatic carbocycles. The van der Waals surface area contributed by atoms with Crippen LogP contribution in [0.15, 0.2) is 36.5 Å². The SMILES string of the molecule is Cc1nc2c(-c3ccc(F)cc3C)cccn2n1. The van der Waals surface area contributed by atoms with Crippen molar-refractivity contribution in [1.29, 1.82) is 0 Å². The average molecular weight is 241 g/mol. The molecule has 2 aromatic heterocycles. The molecule has 2 heterocycles. The first-order valence-electron chi connectivity index (χ1n) is 5.73. The van der Waals surface area contributed by atoms with Crippen LogP contribution in [-0.4, -0.2) is 14.6 Å². The fourth-order valence-corrected chi connectivity index (χ4v) is 2.15. The topological polar surface area (TPSA) is 30.2 Å². The Balaban J connectivity index is 2.31. The molecule has 0 aliphatic heterocycles. The van der Waals surface area contributed by atoms with E-state index in [0.29, 0.717) is 0 Å². The Labute approximate surface area is 104 Å². The zero-order valence-corrected chi connectivity index (χ0v) is 10.2. The summed E-state index contributed by atoms with van der Waals surface area (Å²) in [4.78, 5) is 4.41. The lowest BCUT2D eigenvalue weighted by atomic mass is 10.0. The first-order chi connectivity index (χ1) is 8.65. The number of rotatable bonds is 1. The highest BCUT2D eigenvalue weighted by molar-refractivity contribution is 5.79. The van der Waals surface area contributed by atoms with Crippen molar-refractivity contribution < 1.29 is 4.39 Å². The number of fused-ring (bicyclic) bond motifs is 1. The highest BCUT2D eigenvalue weighted by Crippen LogP contribution is 2.27. The van der Waals surface area contributed by atoms with Gasteiger partial charge in [0, 0.05) is 11.8 Å². The van der Waals surface area contributed by atoms with Gasteiger partial charge in [-0.05, 0) is 49.2 Å². The van der Waals surface area contributed by atoms with Crippen LogP contribution in [0.3, 0.4) is 0 Å². The Morgan fingerprint density at radius 1 is 1.11 bits per heavy atom. The summed E-state index contributed by atoms with van der Waals surface area (Å²) >= 11 is 0. The molecule has 0 fully saturated rings. The molecule has 0 unspecified atom stereocenters. The Morgan fingerprint density at radius 2 is 1.94 bits per heavy atom. The van der Waals surface area contributed by atoms with Crippen LogP contribution in [0.4, 0.5) is 4.39 Å². The second-order valence-electron chi connectivity index (χ2n) is 4.31. The molecule has 0 amide bonds. The number of hydrogen-bond acceptors (Lipinski definition) is 2. The summed E-state index contributed by atoms with van der Waals surface area (Å²) in [5.74, 6) is 0.503. The molecule has 0 bridgehead atoms. The lowest BCUT2D eigenvalue weighted by Crippen LogP contribution is -1.91. The monoisotopic (exact) mass is 241 g/mol. The number of pyridine rings is 1. The number of nitrogens with zero attached hydrogens (tertiary/aromatic N) is 3. The molecule has 0 aliphatic carbocycles. The molecule has 3 nitrogen and oxygen atoms in total. The fraction of sp³-hybridized carbons (Fsp3) is 0.143. The number of aromatic nitrogens is 3. The molecular formula is C14H12FN3. The van der Waals surface area contributed by atoms with Crippen LogP contribution in [-0.2, 0) is 0 Å². The zero-order valence-electron chi connectivity index (χ0n) is 10.2. The molecule has 0 radical (unpaired) electrons. The second-order valence-corrected chi connectivity index (χ2v) is 4.31. The van der Waals surface area contributed by atoms with Gasteiger partial charge in [0.1, 0.15) is 11.6 Å². The van der Waals surface area contributed by atoms with Crippen molar-refractivity contribution in [3.8, 4) is 11.1 Å². The predicted octanol–water partition coefficient (Wildman–Crippen LogP) is 3.15. The lowest BCUT2D eigenvalue weighted by Gasteiger charge is -2.06. The van der Waals surface area contributed by atoms with Gasteiger partial charge in [0.15, 0.2) is 5.65 Å². The summed E-state index contributed by atoms with van der Waals surface area (Å²) in [6.07, 6.45) is 1.86. The summed E-state index contributed by atoms with van der Waals surface area (Å²) < 4.78 is 14.9. The van der Waals surface area contributed by atoms with E-state index in [1.165, 1.54) is 12.1 Å². The molecule has 0 saturated carbocycles. The molecule has 0 spiro atoms. The van der Waals surface area contributed by atoms with Gasteiger partial charge in [0.2, 0.25) is 0 Å². The minimum Gasteiger partial charge on any atom is -0.220 e. The van der Waals surface area contributed by atoms with Crippen molar-refractivity contribution in [1.82, 2.24) is 14.6 Å². The number of halogens is 1. The van der Waals surface area contributed by atoms with Crippen molar-refractivity contribution in [2.24, 2.45) is 0 Å². The van der Waals surface area contributed by atoms with Crippen LogP contribution in [0, 0.1) is 19.7 Å². The van der Waals surface area contributed by atoms with E-state index in [-0.39, 0.29) is 5.82 Å². The molecule has 3 aromatic rings. The Bertz CT molecular complexity index is 731. The van der Waals surface area contributed by atoms with Gasteiger partial charge in [-0.3, -0.25) is 0 Å². The molecule has 0 atom stereocenters. The van der Waals surface area contributed by atoms with E-state index < -0.39 is 0 Å². The van der Waals surface area contributed by atoms with Gasteiger partial charge < -0.3 is 0 Å². The van der Waals surface area contributed by atoms with Crippen LogP contribution < -0.4 is 0 Å². The molecule has 4 heteroatoms. The quantitative estimate of drug-likeness (QED) is 0.655. The van der Waals surface area contributed by atoms with E-state index in [2.05, 4.69) is 10.1 Å². The van der Waals surface area contributed by atoms with Crippen molar-refractivity contribution in [2.75, 3.05) is 0 Å². The maximum atomic E-state index is 13.1. The third kappa shape index (κ3) is 1.66. The summed E-state index contributed by atoms with van der Waals surface area (Å²) in [6, 6.07) is 8.67. The van der Waals surface area contributed by atoms with E-state index in [4.69, 9.17) is 0 Å². The first kappa shape index (κ1) is 10.9. The predicted molar refractivity (Wildman–Crippen MR) is 67.9 cm³/mol. The largest absolute Gasteiger partial charge is 0.220 e. The second kappa shape index (κ2) is 3.91. The van der Waals surface area contributed by atoms with Gasteiger partial charge in [-0.25, -0.2) is 13.9 Å². The van der Waals surface area contributed by atoms with Crippen molar-refractivity contribution >= 4 is 5.65 Å². The summed E-state index contributed by atoms with van der Waals surface area (Å²) in [7, 11) is 0. The molecular weight excluding hydrogens is 229 g/mol. The minimum atomic E-state index is -0.221. The molecule has 90 valence electrons. The third-order valence-electron chi connectivity index (χ3n) is 2.95. The summed E-state index contributed by atoms with van der Waals surface area (Å²) in [6.45, 7) is 3.75. The summed E-state index contributed by atoms with van der Waals surface area (Å²) in [5, 5.41) is 4.28. The highest BCUT2D eigenvalue weighted by atomic mass is 19.1. The normalized spacial score (nSPS) is 11.1. The van der Waals surface area contributed by atoms with Crippen LogP contribution in [0.1, 0.15) is 11.4 Å².